The second-order valence-corrected chi connectivity index (χ2v) is 8.00. The van der Waals surface area contributed by atoms with Crippen molar-refractivity contribution >= 4 is 17.6 Å². The molecule has 3 rings (SSSR count). The van der Waals surface area contributed by atoms with Crippen molar-refractivity contribution in [1.29, 1.82) is 0 Å². The number of pyridine rings is 1. The molecule has 1 aliphatic rings. The minimum atomic E-state index is -0.245. The van der Waals surface area contributed by atoms with Gasteiger partial charge in [-0.25, -0.2) is 4.79 Å². The van der Waals surface area contributed by atoms with E-state index in [9.17, 15) is 9.59 Å². The highest BCUT2D eigenvalue weighted by atomic mass is 16.2. The quantitative estimate of drug-likeness (QED) is 0.577. The fraction of sp³-hybridized carbons (Fsp3) is 0.600. The zero-order valence-electron chi connectivity index (χ0n) is 17.2. The summed E-state index contributed by atoms with van der Waals surface area (Å²) in [6, 6.07) is 5.25. The molecule has 0 saturated carbocycles. The van der Waals surface area contributed by atoms with Crippen LogP contribution in [0.4, 0.5) is 4.79 Å². The predicted molar refractivity (Wildman–Crippen MR) is 110 cm³/mol. The van der Waals surface area contributed by atoms with Gasteiger partial charge in [-0.05, 0) is 50.4 Å². The number of hydrogen-bond donors (Lipinski definition) is 3. The first-order valence-corrected chi connectivity index (χ1v) is 10.3. The molecular formula is C20H31N7O2. The molecule has 0 bridgehead atoms. The number of amides is 3. The number of hydrogen-bond acceptors (Lipinski definition) is 5. The molecule has 1 aliphatic heterocycles. The topological polar surface area (TPSA) is 118 Å². The summed E-state index contributed by atoms with van der Waals surface area (Å²) in [5.74, 6) is 0.613. The number of likely N-dealkylation sites (tertiary alicyclic amines) is 1. The fourth-order valence-electron chi connectivity index (χ4n) is 3.79. The molecule has 29 heavy (non-hydrogen) atoms. The van der Waals surface area contributed by atoms with E-state index in [0.717, 1.165) is 50.4 Å². The van der Waals surface area contributed by atoms with E-state index in [4.69, 9.17) is 5.73 Å². The summed E-state index contributed by atoms with van der Waals surface area (Å²) >= 11 is 0. The van der Waals surface area contributed by atoms with Crippen LogP contribution < -0.4 is 16.4 Å². The normalized spacial score (nSPS) is 18.7. The number of carbonyl (C=O) groups excluding carboxylic acids is 2. The van der Waals surface area contributed by atoms with Gasteiger partial charge in [0.25, 0.3) is 0 Å². The first kappa shape index (κ1) is 21.0. The van der Waals surface area contributed by atoms with Crippen molar-refractivity contribution in [3.63, 3.8) is 0 Å². The number of rotatable bonds is 8. The molecule has 2 unspecified atom stereocenters. The lowest BCUT2D eigenvalue weighted by molar-refractivity contribution is -0.123. The molecule has 2 aromatic rings. The first-order chi connectivity index (χ1) is 14.0. The van der Waals surface area contributed by atoms with Gasteiger partial charge in [0.2, 0.25) is 5.91 Å². The predicted octanol–water partition coefficient (Wildman–Crippen LogP) is 1.31. The van der Waals surface area contributed by atoms with Gasteiger partial charge in [0.05, 0.1) is 12.0 Å². The molecule has 0 radical (unpaired) electrons. The second-order valence-electron chi connectivity index (χ2n) is 8.00. The number of piperidine rings is 1. The number of nitrogens with one attached hydrogen (secondary N) is 2. The summed E-state index contributed by atoms with van der Waals surface area (Å²) in [7, 11) is 0. The lowest BCUT2D eigenvalue weighted by Gasteiger charge is -2.31. The van der Waals surface area contributed by atoms with Gasteiger partial charge in [-0.15, -0.1) is 10.2 Å². The summed E-state index contributed by atoms with van der Waals surface area (Å²) in [5.41, 5.74) is 6.18. The number of aromatic nitrogens is 3. The highest BCUT2D eigenvalue weighted by molar-refractivity contribution is 5.77. The zero-order chi connectivity index (χ0) is 20.8. The number of fused-ring (bicyclic) bond motifs is 1. The van der Waals surface area contributed by atoms with Gasteiger partial charge in [0, 0.05) is 19.3 Å². The highest BCUT2D eigenvalue weighted by Gasteiger charge is 2.24. The average Bonchev–Trinajstić information content (AvgIpc) is 3.13. The van der Waals surface area contributed by atoms with Crippen LogP contribution in [0.5, 0.6) is 0 Å². The van der Waals surface area contributed by atoms with Crippen molar-refractivity contribution in [3.05, 3.63) is 30.2 Å². The minimum Gasteiger partial charge on any atom is -0.369 e. The standard InChI is InChI=1S/C20H31N7O2/c1-14(2)17(19-25-24-16-8-3-4-12-27(16)19)23-20(29)22-9-6-11-26-10-5-7-15(13-26)18(21)28/h3-4,8,12,14-15,17H,5-7,9-11,13H2,1-2H3,(H2,21,28)(H2,22,23,29). The third-order valence-electron chi connectivity index (χ3n) is 5.42. The van der Waals surface area contributed by atoms with Gasteiger partial charge in [-0.1, -0.05) is 19.9 Å². The van der Waals surface area contributed by atoms with Crippen LogP contribution in [0.3, 0.4) is 0 Å². The van der Waals surface area contributed by atoms with E-state index in [1.807, 2.05) is 42.6 Å². The van der Waals surface area contributed by atoms with E-state index in [-0.39, 0.29) is 29.8 Å². The Bertz CT molecular complexity index is 835. The smallest absolute Gasteiger partial charge is 0.315 e. The molecule has 1 saturated heterocycles. The summed E-state index contributed by atoms with van der Waals surface area (Å²) in [4.78, 5) is 26.1. The lowest BCUT2D eigenvalue weighted by Crippen LogP contribution is -2.43. The van der Waals surface area contributed by atoms with Crippen LogP contribution >= 0.6 is 0 Å². The molecule has 0 aromatic carbocycles. The maximum Gasteiger partial charge on any atom is 0.315 e. The molecule has 2 aromatic heterocycles. The van der Waals surface area contributed by atoms with Crippen molar-refractivity contribution in [2.45, 2.75) is 39.2 Å². The Balaban J connectivity index is 1.47. The van der Waals surface area contributed by atoms with Gasteiger partial charge in [-0.3, -0.25) is 9.20 Å². The second kappa shape index (κ2) is 9.69. The Morgan fingerprint density at radius 1 is 1.31 bits per heavy atom. The van der Waals surface area contributed by atoms with E-state index >= 15 is 0 Å². The third kappa shape index (κ3) is 5.44. The van der Waals surface area contributed by atoms with Crippen LogP contribution in [0.1, 0.15) is 45.0 Å². The number of urea groups is 1. The van der Waals surface area contributed by atoms with Gasteiger partial charge in [0.1, 0.15) is 0 Å². The third-order valence-corrected chi connectivity index (χ3v) is 5.42. The summed E-state index contributed by atoms with van der Waals surface area (Å²) in [6.45, 7) is 7.19. The fourth-order valence-corrected chi connectivity index (χ4v) is 3.79. The Kier molecular flexibility index (Phi) is 7.03. The van der Waals surface area contributed by atoms with E-state index in [1.165, 1.54) is 0 Å². The van der Waals surface area contributed by atoms with Gasteiger partial charge >= 0.3 is 6.03 Å². The minimum absolute atomic E-state index is 0.0511. The first-order valence-electron chi connectivity index (χ1n) is 10.3. The molecule has 9 nitrogen and oxygen atoms in total. The molecule has 2 atom stereocenters. The van der Waals surface area contributed by atoms with Crippen molar-refractivity contribution in [3.8, 4) is 0 Å². The number of nitrogens with two attached hydrogens (primary N) is 1. The molecule has 1 fully saturated rings. The largest absolute Gasteiger partial charge is 0.369 e. The summed E-state index contributed by atoms with van der Waals surface area (Å²) in [6.07, 6.45) is 4.58. The Morgan fingerprint density at radius 3 is 2.90 bits per heavy atom. The van der Waals surface area contributed by atoms with Crippen LogP contribution in [0, 0.1) is 11.8 Å². The molecule has 3 amide bonds. The van der Waals surface area contributed by atoms with Crippen molar-refractivity contribution in [1.82, 2.24) is 30.1 Å². The van der Waals surface area contributed by atoms with Crippen molar-refractivity contribution in [2.75, 3.05) is 26.2 Å². The van der Waals surface area contributed by atoms with Crippen LogP contribution in [-0.4, -0.2) is 57.6 Å². The molecule has 4 N–H and O–H groups in total. The monoisotopic (exact) mass is 401 g/mol. The lowest BCUT2D eigenvalue weighted by atomic mass is 9.97. The van der Waals surface area contributed by atoms with Gasteiger partial charge in [0.15, 0.2) is 11.5 Å². The molecule has 3 heterocycles. The van der Waals surface area contributed by atoms with Crippen molar-refractivity contribution < 1.29 is 9.59 Å². The number of primary amides is 1. The summed E-state index contributed by atoms with van der Waals surface area (Å²) < 4.78 is 1.90. The number of carbonyl (C=O) groups is 2. The van der Waals surface area contributed by atoms with Crippen LogP contribution in [0.2, 0.25) is 0 Å². The maximum atomic E-state index is 12.4. The Hall–Kier alpha value is -2.68. The maximum absolute atomic E-state index is 12.4. The summed E-state index contributed by atoms with van der Waals surface area (Å²) in [5, 5.41) is 14.4. The van der Waals surface area contributed by atoms with Crippen LogP contribution in [0.15, 0.2) is 24.4 Å². The Labute approximate surface area is 171 Å². The van der Waals surface area contributed by atoms with Crippen molar-refractivity contribution in [2.24, 2.45) is 17.6 Å². The Morgan fingerprint density at radius 2 is 2.14 bits per heavy atom. The zero-order valence-corrected chi connectivity index (χ0v) is 17.2. The average molecular weight is 402 g/mol. The molecule has 0 spiro atoms. The van der Waals surface area contributed by atoms with E-state index < -0.39 is 0 Å². The molecule has 9 heteroatoms. The molecule has 158 valence electrons. The van der Waals surface area contributed by atoms with E-state index in [2.05, 4.69) is 25.7 Å². The van der Waals surface area contributed by atoms with Crippen LogP contribution in [0.25, 0.3) is 5.65 Å². The molecule has 0 aliphatic carbocycles. The van der Waals surface area contributed by atoms with Gasteiger partial charge < -0.3 is 21.3 Å². The SMILES string of the molecule is CC(C)C(NC(=O)NCCCN1CCCC(C(N)=O)C1)c1nnc2ccccn12. The van der Waals surface area contributed by atoms with Gasteiger partial charge in [-0.2, -0.15) is 0 Å². The van der Waals surface area contributed by atoms with E-state index in [0.29, 0.717) is 6.54 Å². The van der Waals surface area contributed by atoms with E-state index in [1.54, 1.807) is 0 Å². The van der Waals surface area contributed by atoms with Crippen LogP contribution in [-0.2, 0) is 4.79 Å². The number of nitrogens with zero attached hydrogens (tertiary/aromatic N) is 4. The highest BCUT2D eigenvalue weighted by Crippen LogP contribution is 2.20. The molecular weight excluding hydrogens is 370 g/mol.